The van der Waals surface area contributed by atoms with Gasteiger partial charge in [0.1, 0.15) is 5.75 Å². The van der Waals surface area contributed by atoms with Crippen LogP contribution in [0, 0.1) is 6.92 Å². The van der Waals surface area contributed by atoms with E-state index in [1.807, 2.05) is 0 Å². The summed E-state index contributed by atoms with van der Waals surface area (Å²) < 4.78 is 33.4. The van der Waals surface area contributed by atoms with E-state index < -0.39 is 10.0 Å². The highest BCUT2D eigenvalue weighted by Crippen LogP contribution is 2.30. The van der Waals surface area contributed by atoms with E-state index in [0.717, 1.165) is 0 Å². The first-order valence-electron chi connectivity index (χ1n) is 6.06. The molecule has 112 valence electrons. The molecule has 0 bridgehead atoms. The van der Waals surface area contributed by atoms with Crippen molar-refractivity contribution in [2.24, 2.45) is 0 Å². The molecule has 2 aromatic rings. The Hall–Kier alpha value is -1.73. The van der Waals surface area contributed by atoms with Gasteiger partial charge < -0.3 is 10.5 Å². The summed E-state index contributed by atoms with van der Waals surface area (Å²) in [6.45, 7) is 1.73. The number of anilines is 2. The zero-order valence-electron chi connectivity index (χ0n) is 11.6. The molecule has 7 heteroatoms. The minimum atomic E-state index is -3.73. The molecule has 3 N–H and O–H groups in total. The number of hydrogen-bond donors (Lipinski definition) is 2. The maximum absolute atomic E-state index is 12.5. The van der Waals surface area contributed by atoms with Crippen molar-refractivity contribution in [1.82, 2.24) is 0 Å². The van der Waals surface area contributed by atoms with Crippen molar-refractivity contribution in [3.05, 3.63) is 46.4 Å². The highest BCUT2D eigenvalue weighted by Gasteiger charge is 2.19. The van der Waals surface area contributed by atoms with E-state index in [4.69, 9.17) is 10.5 Å². The molecule has 21 heavy (non-hydrogen) atoms. The van der Waals surface area contributed by atoms with Crippen molar-refractivity contribution in [2.45, 2.75) is 11.8 Å². The quantitative estimate of drug-likeness (QED) is 0.809. The predicted octanol–water partition coefficient (Wildman–Crippen LogP) is 3.15. The lowest BCUT2D eigenvalue weighted by Crippen LogP contribution is -2.15. The number of nitrogen functional groups attached to an aromatic ring is 1. The number of hydrogen-bond acceptors (Lipinski definition) is 4. The first-order chi connectivity index (χ1) is 9.83. The van der Waals surface area contributed by atoms with Gasteiger partial charge in [0, 0.05) is 10.2 Å². The minimum absolute atomic E-state index is 0.196. The van der Waals surface area contributed by atoms with Crippen molar-refractivity contribution in [2.75, 3.05) is 17.6 Å². The molecule has 0 saturated carbocycles. The molecule has 0 spiro atoms. The average Bonchev–Trinajstić information content (AvgIpc) is 2.41. The number of halogens is 1. The zero-order chi connectivity index (χ0) is 15.6. The number of aryl methyl sites for hydroxylation is 1. The number of nitrogens with one attached hydrogen (secondary N) is 1. The van der Waals surface area contributed by atoms with Gasteiger partial charge in [0.15, 0.2) is 0 Å². The Kier molecular flexibility index (Phi) is 4.43. The highest BCUT2D eigenvalue weighted by molar-refractivity contribution is 9.10. The third-order valence-electron chi connectivity index (χ3n) is 2.91. The summed E-state index contributed by atoms with van der Waals surface area (Å²) in [4.78, 5) is 0.196. The standard InChI is InChI=1S/C14H15BrN2O3S/c1-9-3-4-10(15)7-14(9)21(18,19)17-12-8-11(16)5-6-13(12)20-2/h3-8,17H,16H2,1-2H3. The van der Waals surface area contributed by atoms with Crippen LogP contribution in [-0.4, -0.2) is 15.5 Å². The van der Waals surface area contributed by atoms with Gasteiger partial charge in [-0.05, 0) is 42.8 Å². The maximum atomic E-state index is 12.5. The second-order valence-electron chi connectivity index (χ2n) is 4.48. The molecule has 0 radical (unpaired) electrons. The topological polar surface area (TPSA) is 81.4 Å². The van der Waals surface area contributed by atoms with Gasteiger partial charge in [0.2, 0.25) is 0 Å². The Morgan fingerprint density at radius 1 is 1.19 bits per heavy atom. The van der Waals surface area contributed by atoms with Gasteiger partial charge in [-0.2, -0.15) is 0 Å². The molecule has 0 unspecified atom stereocenters. The summed E-state index contributed by atoms with van der Waals surface area (Å²) in [5, 5.41) is 0. The van der Waals surface area contributed by atoms with Crippen LogP contribution < -0.4 is 15.2 Å². The van der Waals surface area contributed by atoms with Gasteiger partial charge >= 0.3 is 0 Å². The first-order valence-corrected chi connectivity index (χ1v) is 8.33. The summed E-state index contributed by atoms with van der Waals surface area (Å²) >= 11 is 3.28. The van der Waals surface area contributed by atoms with Gasteiger partial charge in [0.05, 0.1) is 17.7 Å². The lowest BCUT2D eigenvalue weighted by Gasteiger charge is -2.14. The van der Waals surface area contributed by atoms with E-state index >= 15 is 0 Å². The Balaban J connectivity index is 2.47. The van der Waals surface area contributed by atoms with E-state index in [0.29, 0.717) is 27.2 Å². The number of sulfonamides is 1. The molecule has 0 fully saturated rings. The Bertz CT molecular complexity index is 776. The number of ether oxygens (including phenoxy) is 1. The second-order valence-corrected chi connectivity index (χ2v) is 7.04. The van der Waals surface area contributed by atoms with Gasteiger partial charge in [0.25, 0.3) is 10.0 Å². The molecule has 0 amide bonds. The molecule has 0 aliphatic rings. The molecule has 0 aromatic heterocycles. The summed E-state index contributed by atoms with van der Waals surface area (Å²) in [6.07, 6.45) is 0. The summed E-state index contributed by atoms with van der Waals surface area (Å²) in [5.74, 6) is 0.403. The smallest absolute Gasteiger partial charge is 0.262 e. The summed E-state index contributed by atoms with van der Waals surface area (Å²) in [7, 11) is -2.27. The Labute approximate surface area is 132 Å². The molecular formula is C14H15BrN2O3S. The minimum Gasteiger partial charge on any atom is -0.495 e. The van der Waals surface area contributed by atoms with E-state index in [2.05, 4.69) is 20.7 Å². The third kappa shape index (κ3) is 3.48. The van der Waals surface area contributed by atoms with Crippen LogP contribution >= 0.6 is 15.9 Å². The average molecular weight is 371 g/mol. The van der Waals surface area contributed by atoms with Gasteiger partial charge in [-0.1, -0.05) is 22.0 Å². The van der Waals surface area contributed by atoms with Crippen LogP contribution in [-0.2, 0) is 10.0 Å². The van der Waals surface area contributed by atoms with Crippen LogP contribution in [0.25, 0.3) is 0 Å². The van der Waals surface area contributed by atoms with E-state index in [9.17, 15) is 8.42 Å². The fraction of sp³-hybridized carbons (Fsp3) is 0.143. The highest BCUT2D eigenvalue weighted by atomic mass is 79.9. The maximum Gasteiger partial charge on any atom is 0.262 e. The monoisotopic (exact) mass is 370 g/mol. The van der Waals surface area contributed by atoms with Crippen LogP contribution in [0.1, 0.15) is 5.56 Å². The lowest BCUT2D eigenvalue weighted by atomic mass is 10.2. The predicted molar refractivity (Wildman–Crippen MR) is 87.1 cm³/mol. The van der Waals surface area contributed by atoms with E-state index in [1.165, 1.54) is 13.2 Å². The molecule has 0 aliphatic heterocycles. The molecule has 0 saturated heterocycles. The number of benzene rings is 2. The second kappa shape index (κ2) is 5.95. The summed E-state index contributed by atoms with van der Waals surface area (Å²) in [5.41, 5.74) is 7.09. The van der Waals surface area contributed by atoms with Crippen molar-refractivity contribution in [1.29, 1.82) is 0 Å². The molecule has 0 heterocycles. The van der Waals surface area contributed by atoms with Crippen molar-refractivity contribution < 1.29 is 13.2 Å². The molecule has 5 nitrogen and oxygen atoms in total. The van der Waals surface area contributed by atoms with E-state index in [-0.39, 0.29) is 4.90 Å². The molecule has 0 aliphatic carbocycles. The normalized spacial score (nSPS) is 11.2. The number of methoxy groups -OCH3 is 1. The molecule has 0 atom stereocenters. The van der Waals surface area contributed by atoms with E-state index in [1.54, 1.807) is 37.3 Å². The van der Waals surface area contributed by atoms with Crippen LogP contribution in [0.5, 0.6) is 5.75 Å². The van der Waals surface area contributed by atoms with Gasteiger partial charge in [-0.3, -0.25) is 4.72 Å². The number of nitrogens with two attached hydrogens (primary N) is 1. The largest absolute Gasteiger partial charge is 0.495 e. The molecule has 2 aromatic carbocycles. The lowest BCUT2D eigenvalue weighted by molar-refractivity contribution is 0.417. The van der Waals surface area contributed by atoms with Crippen molar-refractivity contribution in [3.8, 4) is 5.75 Å². The molecular weight excluding hydrogens is 356 g/mol. The number of rotatable bonds is 4. The van der Waals surface area contributed by atoms with Crippen molar-refractivity contribution >= 4 is 37.3 Å². The fourth-order valence-corrected chi connectivity index (χ4v) is 3.71. The SMILES string of the molecule is COc1ccc(N)cc1NS(=O)(=O)c1cc(Br)ccc1C. The van der Waals surface area contributed by atoms with Crippen LogP contribution in [0.2, 0.25) is 0 Å². The van der Waals surface area contributed by atoms with Crippen LogP contribution in [0.15, 0.2) is 45.8 Å². The fourth-order valence-electron chi connectivity index (χ4n) is 1.87. The Morgan fingerprint density at radius 2 is 1.90 bits per heavy atom. The molecule has 2 rings (SSSR count). The third-order valence-corrected chi connectivity index (χ3v) is 4.91. The van der Waals surface area contributed by atoms with Gasteiger partial charge in [-0.15, -0.1) is 0 Å². The van der Waals surface area contributed by atoms with Crippen LogP contribution in [0.3, 0.4) is 0 Å². The summed E-state index contributed by atoms with van der Waals surface area (Å²) in [6, 6.07) is 9.84. The van der Waals surface area contributed by atoms with Gasteiger partial charge in [-0.25, -0.2) is 8.42 Å². The first kappa shape index (κ1) is 15.7. The van der Waals surface area contributed by atoms with Crippen molar-refractivity contribution in [3.63, 3.8) is 0 Å². The van der Waals surface area contributed by atoms with Crippen LogP contribution in [0.4, 0.5) is 11.4 Å². The zero-order valence-corrected chi connectivity index (χ0v) is 14.0. The Morgan fingerprint density at radius 3 is 2.57 bits per heavy atom.